The Kier molecular flexibility index (Phi) is 2.83. The normalized spacial score (nSPS) is 12.8. The molecule has 0 unspecified atom stereocenters. The summed E-state index contributed by atoms with van der Waals surface area (Å²) in [6.45, 7) is 10.3. The van der Waals surface area contributed by atoms with Crippen LogP contribution in [-0.4, -0.2) is 11.6 Å². The number of Topliss-reactive ketones (excluding diaryl/α,β-unsaturated/α-hetero) is 2. The highest BCUT2D eigenvalue weighted by Gasteiger charge is 2.39. The van der Waals surface area contributed by atoms with Gasteiger partial charge >= 0.3 is 0 Å². The number of hydrogen-bond acceptors (Lipinski definition) is 2. The van der Waals surface area contributed by atoms with E-state index < -0.39 is 10.8 Å². The van der Waals surface area contributed by atoms with Crippen molar-refractivity contribution in [1.29, 1.82) is 0 Å². The molecule has 0 heterocycles. The second-order valence-electron chi connectivity index (χ2n) is 4.76. The molecule has 0 radical (unpaired) electrons. The Labute approximate surface area is 74.3 Å². The fourth-order valence-electron chi connectivity index (χ4n) is 1.10. The molecule has 0 bridgehead atoms. The van der Waals surface area contributed by atoms with Gasteiger partial charge in [-0.1, -0.05) is 20.8 Å². The van der Waals surface area contributed by atoms with Crippen molar-refractivity contribution >= 4 is 11.6 Å². The van der Waals surface area contributed by atoms with Gasteiger partial charge in [0.05, 0.1) is 5.41 Å². The van der Waals surface area contributed by atoms with Crippen molar-refractivity contribution < 1.29 is 9.59 Å². The van der Waals surface area contributed by atoms with Crippen molar-refractivity contribution in [3.63, 3.8) is 0 Å². The van der Waals surface area contributed by atoms with Gasteiger partial charge < -0.3 is 0 Å². The average molecular weight is 170 g/mol. The van der Waals surface area contributed by atoms with E-state index in [0.29, 0.717) is 0 Å². The fraction of sp³-hybridized carbons (Fsp3) is 0.800. The van der Waals surface area contributed by atoms with E-state index in [-0.39, 0.29) is 11.6 Å². The zero-order valence-electron chi connectivity index (χ0n) is 8.82. The molecule has 0 aromatic carbocycles. The van der Waals surface area contributed by atoms with Crippen LogP contribution < -0.4 is 0 Å². The monoisotopic (exact) mass is 170 g/mol. The Bertz CT molecular complexity index is 206. The SMILES string of the molecule is CC(=O)C(C)(C)C(=O)C(C)(C)C. The molecule has 0 aromatic rings. The lowest BCUT2D eigenvalue weighted by Crippen LogP contribution is -2.39. The Morgan fingerprint density at radius 2 is 1.25 bits per heavy atom. The molecule has 0 N–H and O–H groups in total. The van der Waals surface area contributed by atoms with E-state index in [1.54, 1.807) is 13.8 Å². The van der Waals surface area contributed by atoms with Gasteiger partial charge in [0, 0.05) is 5.41 Å². The van der Waals surface area contributed by atoms with Gasteiger partial charge in [0.1, 0.15) is 5.78 Å². The summed E-state index contributed by atoms with van der Waals surface area (Å²) in [6, 6.07) is 0. The van der Waals surface area contributed by atoms with Crippen molar-refractivity contribution in [1.82, 2.24) is 0 Å². The first-order chi connectivity index (χ1) is 5.10. The molecular weight excluding hydrogens is 152 g/mol. The molecule has 0 saturated heterocycles. The maximum atomic E-state index is 11.7. The van der Waals surface area contributed by atoms with Gasteiger partial charge in [0.2, 0.25) is 0 Å². The highest BCUT2D eigenvalue weighted by molar-refractivity contribution is 6.07. The standard InChI is InChI=1S/C10H18O2/c1-7(11)10(5,6)8(12)9(2,3)4/h1-6H3. The minimum absolute atomic E-state index is 0.00231. The van der Waals surface area contributed by atoms with Crippen LogP contribution in [0.2, 0.25) is 0 Å². The molecule has 0 fully saturated rings. The van der Waals surface area contributed by atoms with Crippen LogP contribution in [0.4, 0.5) is 0 Å². The summed E-state index contributed by atoms with van der Waals surface area (Å²) in [4.78, 5) is 22.8. The van der Waals surface area contributed by atoms with Crippen LogP contribution in [0.1, 0.15) is 41.5 Å². The van der Waals surface area contributed by atoms with Crippen LogP contribution in [-0.2, 0) is 9.59 Å². The van der Waals surface area contributed by atoms with E-state index in [2.05, 4.69) is 0 Å². The lowest BCUT2D eigenvalue weighted by molar-refractivity contribution is -0.142. The van der Waals surface area contributed by atoms with Crippen molar-refractivity contribution in [2.24, 2.45) is 10.8 Å². The molecule has 0 aliphatic carbocycles. The van der Waals surface area contributed by atoms with E-state index in [1.807, 2.05) is 20.8 Å². The largest absolute Gasteiger partial charge is 0.299 e. The maximum absolute atomic E-state index is 11.7. The Balaban J connectivity index is 4.83. The number of ketones is 2. The molecule has 0 saturated carbocycles. The van der Waals surface area contributed by atoms with E-state index in [0.717, 1.165) is 0 Å². The van der Waals surface area contributed by atoms with Gasteiger partial charge in [0.15, 0.2) is 5.78 Å². The molecular formula is C10H18O2. The molecule has 0 aliphatic rings. The predicted octanol–water partition coefficient (Wildman–Crippen LogP) is 2.22. The third-order valence-corrected chi connectivity index (χ3v) is 2.13. The van der Waals surface area contributed by atoms with E-state index in [4.69, 9.17) is 0 Å². The minimum Gasteiger partial charge on any atom is -0.299 e. The molecule has 0 spiro atoms. The number of hydrogen-bond donors (Lipinski definition) is 0. The topological polar surface area (TPSA) is 34.1 Å². The van der Waals surface area contributed by atoms with Crippen LogP contribution in [0, 0.1) is 10.8 Å². The van der Waals surface area contributed by atoms with Crippen LogP contribution in [0.25, 0.3) is 0 Å². The first-order valence-electron chi connectivity index (χ1n) is 4.16. The molecule has 12 heavy (non-hydrogen) atoms. The Morgan fingerprint density at radius 3 is 1.33 bits per heavy atom. The first-order valence-corrected chi connectivity index (χ1v) is 4.16. The number of carbonyl (C=O) groups is 2. The van der Waals surface area contributed by atoms with Crippen LogP contribution in [0.3, 0.4) is 0 Å². The second kappa shape index (κ2) is 3.00. The summed E-state index contributed by atoms with van der Waals surface area (Å²) in [5.41, 5.74) is -1.27. The van der Waals surface area contributed by atoms with Crippen LogP contribution >= 0.6 is 0 Å². The molecule has 0 aliphatic heterocycles. The third-order valence-electron chi connectivity index (χ3n) is 2.13. The number of rotatable bonds is 2. The van der Waals surface area contributed by atoms with Gasteiger partial charge in [-0.05, 0) is 20.8 Å². The van der Waals surface area contributed by atoms with Gasteiger partial charge in [0.25, 0.3) is 0 Å². The highest BCUT2D eigenvalue weighted by atomic mass is 16.2. The third kappa shape index (κ3) is 2.16. The Morgan fingerprint density at radius 1 is 0.917 bits per heavy atom. The first kappa shape index (κ1) is 11.3. The summed E-state index contributed by atoms with van der Waals surface area (Å²) in [5.74, 6) is -0.0649. The van der Waals surface area contributed by atoms with Gasteiger partial charge in [-0.15, -0.1) is 0 Å². The van der Waals surface area contributed by atoms with Crippen molar-refractivity contribution in [2.45, 2.75) is 41.5 Å². The van der Waals surface area contributed by atoms with Crippen LogP contribution in [0.15, 0.2) is 0 Å². The molecule has 2 heteroatoms. The van der Waals surface area contributed by atoms with Gasteiger partial charge in [-0.25, -0.2) is 0 Å². The smallest absolute Gasteiger partial charge is 0.151 e. The molecule has 0 amide bonds. The second-order valence-corrected chi connectivity index (χ2v) is 4.76. The maximum Gasteiger partial charge on any atom is 0.151 e. The van der Waals surface area contributed by atoms with Crippen molar-refractivity contribution in [2.75, 3.05) is 0 Å². The van der Waals surface area contributed by atoms with Crippen LogP contribution in [0.5, 0.6) is 0 Å². The quantitative estimate of drug-likeness (QED) is 0.595. The van der Waals surface area contributed by atoms with Gasteiger partial charge in [-0.2, -0.15) is 0 Å². The van der Waals surface area contributed by atoms with Gasteiger partial charge in [-0.3, -0.25) is 9.59 Å². The Hall–Kier alpha value is -0.660. The summed E-state index contributed by atoms with van der Waals surface area (Å²) in [7, 11) is 0. The lowest BCUT2D eigenvalue weighted by atomic mass is 9.73. The van der Waals surface area contributed by atoms with E-state index in [9.17, 15) is 9.59 Å². The summed E-state index contributed by atoms with van der Waals surface area (Å²) in [5, 5.41) is 0. The van der Waals surface area contributed by atoms with Crippen molar-refractivity contribution in [3.05, 3.63) is 0 Å². The molecule has 0 aromatic heterocycles. The summed E-state index contributed by atoms with van der Waals surface area (Å²) < 4.78 is 0. The zero-order chi connectivity index (χ0) is 10.2. The average Bonchev–Trinajstić information content (AvgIpc) is 1.83. The van der Waals surface area contributed by atoms with E-state index >= 15 is 0 Å². The highest BCUT2D eigenvalue weighted by Crippen LogP contribution is 2.29. The fourth-order valence-corrected chi connectivity index (χ4v) is 1.10. The lowest BCUT2D eigenvalue weighted by Gasteiger charge is -2.28. The molecule has 2 nitrogen and oxygen atoms in total. The van der Waals surface area contributed by atoms with Crippen molar-refractivity contribution in [3.8, 4) is 0 Å². The molecule has 0 atom stereocenters. The minimum atomic E-state index is -0.835. The summed E-state index contributed by atoms with van der Waals surface area (Å²) in [6.07, 6.45) is 0. The predicted molar refractivity (Wildman–Crippen MR) is 48.9 cm³/mol. The molecule has 0 rings (SSSR count). The molecule has 70 valence electrons. The number of carbonyl (C=O) groups excluding carboxylic acids is 2. The van der Waals surface area contributed by atoms with E-state index in [1.165, 1.54) is 6.92 Å². The zero-order valence-corrected chi connectivity index (χ0v) is 8.82. The summed E-state index contributed by atoms with van der Waals surface area (Å²) >= 11 is 0.